The van der Waals surface area contributed by atoms with E-state index in [1.165, 1.54) is 130 Å². The van der Waals surface area contributed by atoms with Crippen LogP contribution in [0.15, 0.2) is 140 Å². The van der Waals surface area contributed by atoms with Crippen molar-refractivity contribution in [2.75, 3.05) is 0 Å². The molecule has 7 rings (SSSR count). The number of rotatable bonds is 17. The molecular weight excluding hydrogens is 741 g/mol. The number of fused-ring (bicyclic) bond motifs is 3. The van der Waals surface area contributed by atoms with Crippen LogP contribution < -0.4 is 10.4 Å². The molecule has 6 aromatic rings. The van der Waals surface area contributed by atoms with Gasteiger partial charge in [0.1, 0.15) is 0 Å². The topological polar surface area (TPSA) is 0 Å². The van der Waals surface area contributed by atoms with Crippen LogP contribution in [0.2, 0.25) is 39.3 Å². The summed E-state index contributed by atoms with van der Waals surface area (Å²) in [5, 5.41) is 3.01. The highest BCUT2D eigenvalue weighted by Crippen LogP contribution is 2.55. The molecule has 6 aromatic carbocycles. The molecular formula is C57H68Si2. The fourth-order valence-electron chi connectivity index (χ4n) is 9.43. The predicted octanol–water partition coefficient (Wildman–Crippen LogP) is 15.9. The first kappa shape index (κ1) is 42.6. The van der Waals surface area contributed by atoms with Gasteiger partial charge in [-0.3, -0.25) is 0 Å². The molecule has 0 N–H and O–H groups in total. The zero-order valence-corrected chi connectivity index (χ0v) is 39.4. The van der Waals surface area contributed by atoms with Crippen molar-refractivity contribution < 1.29 is 0 Å². The van der Waals surface area contributed by atoms with Crippen LogP contribution in [0.5, 0.6) is 0 Å². The van der Waals surface area contributed by atoms with E-state index in [1.54, 1.807) is 11.1 Å². The van der Waals surface area contributed by atoms with Gasteiger partial charge in [0.15, 0.2) is 0 Å². The lowest BCUT2D eigenvalue weighted by Gasteiger charge is -2.33. The largest absolute Gasteiger partial charge is 0.0775 e. The Morgan fingerprint density at radius 1 is 0.441 bits per heavy atom. The number of hydrogen-bond donors (Lipinski definition) is 0. The third kappa shape index (κ3) is 9.61. The second kappa shape index (κ2) is 18.4. The van der Waals surface area contributed by atoms with E-state index >= 15 is 0 Å². The smallest absolute Gasteiger partial charge is 0.0656 e. The standard InChI is InChI=1S/C57H68Si2/c1-9-11-13-17-39-57(40-18-14-12-10-2)55-20-16-15-19-52(55)53-38-33-49(42-56(53)57)54(48-27-25-45(26-28-48)47-31-36-51(37-32-47)59(6,7)8)41-43-21-23-44(24-22-43)46-29-34-50(35-30-46)58(3,4)5/h15-16,19-38,41-42H,9-14,17-18,39-40H2,1-8H3/b54-41+. The van der Waals surface area contributed by atoms with Crippen LogP contribution in [0.1, 0.15) is 106 Å². The summed E-state index contributed by atoms with van der Waals surface area (Å²) in [6.45, 7) is 19.2. The van der Waals surface area contributed by atoms with Gasteiger partial charge in [-0.25, -0.2) is 0 Å². The minimum Gasteiger partial charge on any atom is -0.0656 e. The summed E-state index contributed by atoms with van der Waals surface area (Å²) < 4.78 is 0. The molecule has 0 heterocycles. The quantitative estimate of drug-likeness (QED) is 0.0489. The molecule has 1 aliphatic carbocycles. The van der Waals surface area contributed by atoms with Crippen LogP contribution in [0.4, 0.5) is 0 Å². The predicted molar refractivity (Wildman–Crippen MR) is 267 cm³/mol. The second-order valence-corrected chi connectivity index (χ2v) is 29.6. The van der Waals surface area contributed by atoms with Crippen molar-refractivity contribution in [1.82, 2.24) is 0 Å². The molecule has 0 aliphatic heterocycles. The summed E-state index contributed by atoms with van der Waals surface area (Å²) in [6, 6.07) is 54.1. The fourth-order valence-corrected chi connectivity index (χ4v) is 11.8. The van der Waals surface area contributed by atoms with Gasteiger partial charge in [0, 0.05) is 5.41 Å². The maximum Gasteiger partial charge on any atom is 0.0775 e. The van der Waals surface area contributed by atoms with Gasteiger partial charge in [0.2, 0.25) is 0 Å². The molecule has 59 heavy (non-hydrogen) atoms. The summed E-state index contributed by atoms with van der Waals surface area (Å²) in [5.41, 5.74) is 16.2. The van der Waals surface area contributed by atoms with E-state index in [2.05, 4.69) is 199 Å². The maximum absolute atomic E-state index is 2.61. The summed E-state index contributed by atoms with van der Waals surface area (Å²) in [4.78, 5) is 0. The lowest BCUT2D eigenvalue weighted by Crippen LogP contribution is -2.37. The molecule has 0 bridgehead atoms. The van der Waals surface area contributed by atoms with E-state index in [-0.39, 0.29) is 5.41 Å². The van der Waals surface area contributed by atoms with Crippen molar-refractivity contribution >= 4 is 38.2 Å². The van der Waals surface area contributed by atoms with Crippen molar-refractivity contribution in [2.45, 2.75) is 123 Å². The van der Waals surface area contributed by atoms with Gasteiger partial charge in [-0.2, -0.15) is 0 Å². The normalized spacial score (nSPS) is 13.7. The van der Waals surface area contributed by atoms with E-state index in [4.69, 9.17) is 0 Å². The van der Waals surface area contributed by atoms with Crippen molar-refractivity contribution in [1.29, 1.82) is 0 Å². The summed E-state index contributed by atoms with van der Waals surface area (Å²) >= 11 is 0. The molecule has 0 fully saturated rings. The van der Waals surface area contributed by atoms with Gasteiger partial charge in [-0.1, -0.05) is 248 Å². The van der Waals surface area contributed by atoms with Crippen LogP contribution in [0, 0.1) is 0 Å². The van der Waals surface area contributed by atoms with E-state index in [0.717, 1.165) is 0 Å². The maximum atomic E-state index is 2.61. The SMILES string of the molecule is CCCCCCC1(CCCCCC)c2ccccc2-c2ccc(/C(=C/c3ccc(-c4ccc([Si](C)(C)C)cc4)cc3)c3ccc(-c4ccc([Si](C)(C)C)cc4)cc3)cc21. The third-order valence-electron chi connectivity index (χ3n) is 13.1. The molecule has 0 nitrogen and oxygen atoms in total. The minimum absolute atomic E-state index is 0.0487. The first-order valence-corrected chi connectivity index (χ1v) is 29.8. The highest BCUT2D eigenvalue weighted by atomic mass is 28.3. The van der Waals surface area contributed by atoms with Gasteiger partial charge in [0.05, 0.1) is 16.1 Å². The van der Waals surface area contributed by atoms with E-state index in [1.807, 2.05) is 0 Å². The Hall–Kier alpha value is -4.51. The highest BCUT2D eigenvalue weighted by molar-refractivity contribution is 6.89. The van der Waals surface area contributed by atoms with Crippen LogP contribution >= 0.6 is 0 Å². The van der Waals surface area contributed by atoms with E-state index in [9.17, 15) is 0 Å². The Kier molecular flexibility index (Phi) is 13.3. The van der Waals surface area contributed by atoms with Crippen molar-refractivity contribution in [3.05, 3.63) is 167 Å². The van der Waals surface area contributed by atoms with Gasteiger partial charge < -0.3 is 0 Å². The van der Waals surface area contributed by atoms with Gasteiger partial charge in [-0.15, -0.1) is 0 Å². The molecule has 304 valence electrons. The molecule has 0 unspecified atom stereocenters. The molecule has 0 aromatic heterocycles. The van der Waals surface area contributed by atoms with E-state index < -0.39 is 16.1 Å². The van der Waals surface area contributed by atoms with Crippen molar-refractivity contribution in [3.8, 4) is 33.4 Å². The zero-order valence-electron chi connectivity index (χ0n) is 37.4. The number of benzene rings is 6. The van der Waals surface area contributed by atoms with Gasteiger partial charge >= 0.3 is 0 Å². The molecule has 0 saturated carbocycles. The lowest BCUT2D eigenvalue weighted by molar-refractivity contribution is 0.401. The lowest BCUT2D eigenvalue weighted by atomic mass is 9.70. The molecule has 0 spiro atoms. The number of hydrogen-bond acceptors (Lipinski definition) is 0. The van der Waals surface area contributed by atoms with Crippen molar-refractivity contribution in [3.63, 3.8) is 0 Å². The summed E-state index contributed by atoms with van der Waals surface area (Å²) in [6.07, 6.45) is 15.2. The fraction of sp³-hybridized carbons (Fsp3) is 0.333. The second-order valence-electron chi connectivity index (χ2n) is 19.4. The minimum atomic E-state index is -1.36. The average molecular weight is 809 g/mol. The Morgan fingerprint density at radius 2 is 0.881 bits per heavy atom. The van der Waals surface area contributed by atoms with Crippen LogP contribution in [0.25, 0.3) is 45.0 Å². The van der Waals surface area contributed by atoms with Crippen LogP contribution in [0.3, 0.4) is 0 Å². The average Bonchev–Trinajstić information content (AvgIpc) is 3.51. The Balaban J connectivity index is 1.31. The van der Waals surface area contributed by atoms with E-state index in [0.29, 0.717) is 0 Å². The monoisotopic (exact) mass is 808 g/mol. The van der Waals surface area contributed by atoms with Crippen molar-refractivity contribution in [2.24, 2.45) is 0 Å². The number of unbranched alkanes of at least 4 members (excludes halogenated alkanes) is 6. The molecule has 2 heteroatoms. The summed E-state index contributed by atoms with van der Waals surface area (Å²) in [5.74, 6) is 0. The van der Waals surface area contributed by atoms with Crippen LogP contribution in [-0.4, -0.2) is 16.1 Å². The van der Waals surface area contributed by atoms with Crippen LogP contribution in [-0.2, 0) is 5.41 Å². The summed E-state index contributed by atoms with van der Waals surface area (Å²) in [7, 11) is -2.70. The first-order chi connectivity index (χ1) is 28.4. The Bertz CT molecular complexity index is 2320. The molecule has 0 atom stereocenters. The zero-order chi connectivity index (χ0) is 41.6. The van der Waals surface area contributed by atoms with Gasteiger partial charge in [0.25, 0.3) is 0 Å². The highest BCUT2D eigenvalue weighted by Gasteiger charge is 2.42. The molecule has 0 radical (unpaired) electrons. The molecule has 1 aliphatic rings. The Labute approximate surface area is 359 Å². The molecule has 0 amide bonds. The first-order valence-electron chi connectivity index (χ1n) is 22.8. The Morgan fingerprint density at radius 3 is 1.37 bits per heavy atom. The van der Waals surface area contributed by atoms with Gasteiger partial charge in [-0.05, 0) is 91.8 Å². The third-order valence-corrected chi connectivity index (χ3v) is 17.2. The molecule has 0 saturated heterocycles.